The van der Waals surface area contributed by atoms with Gasteiger partial charge in [-0.25, -0.2) is 13.2 Å². The molecule has 0 N–H and O–H groups in total. The van der Waals surface area contributed by atoms with Crippen LogP contribution >= 0.6 is 0 Å². The van der Waals surface area contributed by atoms with E-state index in [1.165, 1.54) is 0 Å². The summed E-state index contributed by atoms with van der Waals surface area (Å²) in [7, 11) is -1.79. The Morgan fingerprint density at radius 1 is 1.02 bits per heavy atom. The van der Waals surface area contributed by atoms with Gasteiger partial charge in [0, 0.05) is 38.2 Å². The highest BCUT2D eigenvalue weighted by molar-refractivity contribution is 7.89. The van der Waals surface area contributed by atoms with Crippen molar-refractivity contribution in [3.8, 4) is 0 Å². The number of nitrogens with zero attached hydrogens (tertiary/aromatic N) is 4. The predicted molar refractivity (Wildman–Crippen MR) is 159 cm³/mol. The van der Waals surface area contributed by atoms with Crippen LogP contribution in [0.5, 0.6) is 0 Å². The molecule has 1 fully saturated rings. The fourth-order valence-electron chi connectivity index (χ4n) is 5.22. The highest BCUT2D eigenvalue weighted by atomic mass is 32.2. The largest absolute Gasteiger partial charge is 0.443 e. The number of piperidine rings is 1. The lowest BCUT2D eigenvalue weighted by molar-refractivity contribution is -0.130. The van der Waals surface area contributed by atoms with Crippen molar-refractivity contribution in [2.75, 3.05) is 33.2 Å². The first kappa shape index (κ1) is 30.7. The maximum Gasteiger partial charge on any atom is 0.416 e. The fourth-order valence-corrected chi connectivity index (χ4v) is 6.96. The van der Waals surface area contributed by atoms with Gasteiger partial charge in [0.1, 0.15) is 11.4 Å². The van der Waals surface area contributed by atoms with Crippen LogP contribution in [0, 0.1) is 0 Å². The summed E-state index contributed by atoms with van der Waals surface area (Å²) in [6.07, 6.45) is 3.68. The highest BCUT2D eigenvalue weighted by Crippen LogP contribution is 2.28. The molecule has 0 bridgehead atoms. The standard InChI is InChI=1S/C31H42N4O5S/c1-31(2,3)40-30(37)34-23-20-32-29(34)25-15-13-24(14-16-25)19-22-33(4)28(36)18-17-26-10-8-9-21-35(26)41(38,39)27-11-6-5-7-12-27/h5-7,11-16,26H,8-10,17-23H2,1-4H3. The molecular weight excluding hydrogens is 540 g/mol. The number of hydrogen-bond donors (Lipinski definition) is 0. The second kappa shape index (κ2) is 13.2. The molecule has 2 aromatic carbocycles. The van der Waals surface area contributed by atoms with Crippen LogP contribution in [0.4, 0.5) is 4.79 Å². The van der Waals surface area contributed by atoms with E-state index in [1.54, 1.807) is 51.5 Å². The minimum absolute atomic E-state index is 0.0116. The third-order valence-electron chi connectivity index (χ3n) is 7.44. The van der Waals surface area contributed by atoms with Crippen LogP contribution in [0.3, 0.4) is 0 Å². The van der Waals surface area contributed by atoms with Crippen LogP contribution in [0.1, 0.15) is 64.0 Å². The summed E-state index contributed by atoms with van der Waals surface area (Å²) in [5.41, 5.74) is 1.35. The van der Waals surface area contributed by atoms with Gasteiger partial charge in [0.2, 0.25) is 15.9 Å². The first-order valence-corrected chi connectivity index (χ1v) is 15.8. The van der Waals surface area contributed by atoms with Gasteiger partial charge in [-0.2, -0.15) is 4.31 Å². The lowest BCUT2D eigenvalue weighted by Crippen LogP contribution is -2.44. The van der Waals surface area contributed by atoms with Gasteiger partial charge in [-0.3, -0.25) is 14.7 Å². The van der Waals surface area contributed by atoms with Gasteiger partial charge in [0.15, 0.2) is 0 Å². The summed E-state index contributed by atoms with van der Waals surface area (Å²) in [5.74, 6) is 0.627. The van der Waals surface area contributed by atoms with Crippen LogP contribution in [0.25, 0.3) is 0 Å². The first-order chi connectivity index (χ1) is 19.5. The van der Waals surface area contributed by atoms with E-state index in [2.05, 4.69) is 4.99 Å². The average molecular weight is 583 g/mol. The number of ether oxygens (including phenoxy) is 1. The summed E-state index contributed by atoms with van der Waals surface area (Å²) in [4.78, 5) is 33.7. The van der Waals surface area contributed by atoms with Gasteiger partial charge in [-0.05, 0) is 64.2 Å². The molecule has 0 aliphatic carbocycles. The highest BCUT2D eigenvalue weighted by Gasteiger charge is 2.34. The van der Waals surface area contributed by atoms with E-state index in [-0.39, 0.29) is 11.9 Å². The molecule has 222 valence electrons. The molecular formula is C31H42N4O5S. The summed E-state index contributed by atoms with van der Waals surface area (Å²) in [6.45, 7) is 7.61. The van der Waals surface area contributed by atoms with Crippen molar-refractivity contribution < 1.29 is 22.7 Å². The molecule has 2 amide bonds. The number of carbonyl (C=O) groups excluding carboxylic acids is 2. The number of sulfonamides is 1. The molecule has 2 aliphatic heterocycles. The first-order valence-electron chi connectivity index (χ1n) is 14.4. The number of hydrogen-bond acceptors (Lipinski definition) is 6. The molecule has 41 heavy (non-hydrogen) atoms. The quantitative estimate of drug-likeness (QED) is 0.427. The third-order valence-corrected chi connectivity index (χ3v) is 9.41. The van der Waals surface area contributed by atoms with Crippen molar-refractivity contribution in [3.05, 3.63) is 65.7 Å². The Morgan fingerprint density at radius 2 is 1.73 bits per heavy atom. The average Bonchev–Trinajstić information content (AvgIpc) is 3.45. The molecule has 9 nitrogen and oxygen atoms in total. The number of benzene rings is 2. The van der Waals surface area contributed by atoms with Gasteiger partial charge in [-0.1, -0.05) is 48.9 Å². The second-order valence-corrected chi connectivity index (χ2v) is 13.6. The van der Waals surface area contributed by atoms with Gasteiger partial charge in [0.25, 0.3) is 0 Å². The van der Waals surface area contributed by atoms with Crippen LogP contribution in [-0.2, 0) is 26.0 Å². The molecule has 2 aliphatic rings. The van der Waals surface area contributed by atoms with E-state index in [9.17, 15) is 18.0 Å². The molecule has 1 atom stereocenters. The summed E-state index contributed by atoms with van der Waals surface area (Å²) >= 11 is 0. The van der Waals surface area contributed by atoms with E-state index < -0.39 is 21.7 Å². The Morgan fingerprint density at radius 3 is 2.41 bits per heavy atom. The number of amides is 2. The Hall–Kier alpha value is -3.24. The lowest BCUT2D eigenvalue weighted by Gasteiger charge is -2.35. The fraction of sp³-hybridized carbons (Fsp3) is 0.516. The molecule has 2 heterocycles. The SMILES string of the molecule is CN(CCc1ccc(C2=NCCN2C(=O)OC(C)(C)C)cc1)C(=O)CCC1CCCCN1S(=O)(=O)c1ccccc1. The molecule has 0 aromatic heterocycles. The zero-order valence-corrected chi connectivity index (χ0v) is 25.4. The number of amidine groups is 1. The van der Waals surface area contributed by atoms with Crippen molar-refractivity contribution in [2.24, 2.45) is 4.99 Å². The molecule has 1 unspecified atom stereocenters. The molecule has 0 saturated carbocycles. The van der Waals surface area contributed by atoms with Crippen molar-refractivity contribution in [2.45, 2.75) is 75.8 Å². The summed E-state index contributed by atoms with van der Waals surface area (Å²) in [5, 5.41) is 0. The third kappa shape index (κ3) is 7.95. The summed E-state index contributed by atoms with van der Waals surface area (Å²) < 4.78 is 33.6. The molecule has 0 spiro atoms. The van der Waals surface area contributed by atoms with Gasteiger partial charge in [0.05, 0.1) is 18.0 Å². The van der Waals surface area contributed by atoms with Gasteiger partial charge < -0.3 is 9.64 Å². The normalized spacial score (nSPS) is 18.2. The monoisotopic (exact) mass is 582 g/mol. The summed E-state index contributed by atoms with van der Waals surface area (Å²) in [6, 6.07) is 16.3. The predicted octanol–water partition coefficient (Wildman–Crippen LogP) is 4.71. The topological polar surface area (TPSA) is 99.6 Å². The zero-order chi connectivity index (χ0) is 29.6. The number of carbonyl (C=O) groups is 2. The Kier molecular flexibility index (Phi) is 9.86. The van der Waals surface area contributed by atoms with E-state index in [0.717, 1.165) is 30.4 Å². The van der Waals surface area contributed by atoms with Crippen LogP contribution in [0.2, 0.25) is 0 Å². The number of rotatable bonds is 9. The lowest BCUT2D eigenvalue weighted by atomic mass is 10.00. The van der Waals surface area contributed by atoms with E-state index in [1.807, 2.05) is 45.0 Å². The minimum atomic E-state index is -3.58. The van der Waals surface area contributed by atoms with E-state index in [4.69, 9.17) is 4.74 Å². The van der Waals surface area contributed by atoms with Crippen molar-refractivity contribution >= 4 is 27.9 Å². The molecule has 1 saturated heterocycles. The van der Waals surface area contributed by atoms with Crippen LogP contribution < -0.4 is 0 Å². The Bertz CT molecular complexity index is 1340. The number of aliphatic imine (C=N–C) groups is 1. The van der Waals surface area contributed by atoms with Gasteiger partial charge in [-0.15, -0.1) is 0 Å². The maximum atomic E-state index is 13.2. The van der Waals surface area contributed by atoms with Crippen LogP contribution in [-0.4, -0.2) is 85.2 Å². The molecule has 10 heteroatoms. The van der Waals surface area contributed by atoms with Crippen LogP contribution in [0.15, 0.2) is 64.5 Å². The Labute approximate surface area is 244 Å². The van der Waals surface area contributed by atoms with Crippen molar-refractivity contribution in [1.29, 1.82) is 0 Å². The molecule has 4 rings (SSSR count). The zero-order valence-electron chi connectivity index (χ0n) is 24.6. The second-order valence-electron chi connectivity index (χ2n) is 11.7. The molecule has 2 aromatic rings. The maximum absolute atomic E-state index is 13.2. The Balaban J connectivity index is 1.28. The van der Waals surface area contributed by atoms with E-state index in [0.29, 0.717) is 56.2 Å². The smallest absolute Gasteiger partial charge is 0.416 e. The minimum Gasteiger partial charge on any atom is -0.443 e. The number of likely N-dealkylation sites (N-methyl/N-ethyl adjacent to an activating group) is 1. The molecule has 0 radical (unpaired) electrons. The van der Waals surface area contributed by atoms with Gasteiger partial charge >= 0.3 is 6.09 Å². The van der Waals surface area contributed by atoms with Crippen molar-refractivity contribution in [1.82, 2.24) is 14.1 Å². The van der Waals surface area contributed by atoms with Crippen molar-refractivity contribution in [3.63, 3.8) is 0 Å². The van der Waals surface area contributed by atoms with E-state index >= 15 is 0 Å².